The van der Waals surface area contributed by atoms with Crippen molar-refractivity contribution in [2.24, 2.45) is 11.3 Å². The number of thiol groups is 1. The Hall–Kier alpha value is 0.700. The van der Waals surface area contributed by atoms with Crippen molar-refractivity contribution < 1.29 is 0 Å². The van der Waals surface area contributed by atoms with Crippen LogP contribution in [-0.4, -0.2) is 17.3 Å². The van der Waals surface area contributed by atoms with E-state index < -0.39 is 0 Å². The SMILES string of the molecule is CC(C)CSCC1(CS)CCCC1. The molecule has 0 N–H and O–H groups in total. The van der Waals surface area contributed by atoms with E-state index in [2.05, 4.69) is 38.2 Å². The van der Waals surface area contributed by atoms with Crippen LogP contribution in [-0.2, 0) is 0 Å². The first-order valence-electron chi connectivity index (χ1n) is 5.37. The Morgan fingerprint density at radius 2 is 1.92 bits per heavy atom. The zero-order valence-corrected chi connectivity index (χ0v) is 10.6. The molecule has 0 atom stereocenters. The highest BCUT2D eigenvalue weighted by Gasteiger charge is 2.31. The first-order valence-corrected chi connectivity index (χ1v) is 7.16. The maximum absolute atomic E-state index is 4.51. The van der Waals surface area contributed by atoms with Crippen molar-refractivity contribution in [1.82, 2.24) is 0 Å². The van der Waals surface area contributed by atoms with Gasteiger partial charge in [0.05, 0.1) is 0 Å². The normalized spacial score (nSPS) is 21.2. The molecule has 0 aromatic carbocycles. The predicted molar refractivity (Wildman–Crippen MR) is 66.9 cm³/mol. The summed E-state index contributed by atoms with van der Waals surface area (Å²) in [5.74, 6) is 4.59. The van der Waals surface area contributed by atoms with Gasteiger partial charge in [-0.2, -0.15) is 24.4 Å². The average Bonchev–Trinajstić information content (AvgIpc) is 2.53. The van der Waals surface area contributed by atoms with Crippen LogP contribution in [0.4, 0.5) is 0 Å². The minimum Gasteiger partial charge on any atom is -0.179 e. The number of thioether (sulfide) groups is 1. The minimum atomic E-state index is 0.600. The van der Waals surface area contributed by atoms with Crippen LogP contribution in [0.15, 0.2) is 0 Å². The monoisotopic (exact) mass is 218 g/mol. The molecule has 0 aromatic rings. The largest absolute Gasteiger partial charge is 0.179 e. The van der Waals surface area contributed by atoms with Gasteiger partial charge in [-0.15, -0.1) is 0 Å². The molecule has 1 saturated carbocycles. The molecule has 0 bridgehead atoms. The lowest BCUT2D eigenvalue weighted by atomic mass is 9.91. The molecule has 78 valence electrons. The Bertz CT molecular complexity index is 137. The van der Waals surface area contributed by atoms with E-state index in [4.69, 9.17) is 0 Å². The van der Waals surface area contributed by atoms with Gasteiger partial charge in [0.2, 0.25) is 0 Å². The summed E-state index contributed by atoms with van der Waals surface area (Å²) in [7, 11) is 0. The molecule has 2 heteroatoms. The predicted octanol–water partition coefficient (Wildman–Crippen LogP) is 3.87. The fraction of sp³-hybridized carbons (Fsp3) is 1.00. The molecular formula is C11H22S2. The Morgan fingerprint density at radius 1 is 1.31 bits per heavy atom. The van der Waals surface area contributed by atoms with Gasteiger partial charge in [-0.1, -0.05) is 26.7 Å². The highest BCUT2D eigenvalue weighted by atomic mass is 32.2. The van der Waals surface area contributed by atoms with Gasteiger partial charge in [-0.3, -0.25) is 0 Å². The third-order valence-corrected chi connectivity index (χ3v) is 5.25. The standard InChI is InChI=1S/C11H22S2/c1-10(2)7-13-9-11(8-12)5-3-4-6-11/h10,12H,3-9H2,1-2H3. The van der Waals surface area contributed by atoms with Gasteiger partial charge < -0.3 is 0 Å². The van der Waals surface area contributed by atoms with Crippen LogP contribution in [0.2, 0.25) is 0 Å². The van der Waals surface area contributed by atoms with E-state index in [1.54, 1.807) is 0 Å². The van der Waals surface area contributed by atoms with Gasteiger partial charge in [-0.25, -0.2) is 0 Å². The van der Waals surface area contributed by atoms with Gasteiger partial charge >= 0.3 is 0 Å². The van der Waals surface area contributed by atoms with Gasteiger partial charge in [0.1, 0.15) is 0 Å². The van der Waals surface area contributed by atoms with Crippen molar-refractivity contribution in [3.05, 3.63) is 0 Å². The first kappa shape index (κ1) is 11.8. The molecule has 1 aliphatic carbocycles. The van der Waals surface area contributed by atoms with Gasteiger partial charge in [0.15, 0.2) is 0 Å². The fourth-order valence-corrected chi connectivity index (χ4v) is 3.98. The van der Waals surface area contributed by atoms with E-state index in [0.717, 1.165) is 11.7 Å². The lowest BCUT2D eigenvalue weighted by molar-refractivity contribution is 0.403. The van der Waals surface area contributed by atoms with Crippen molar-refractivity contribution in [2.75, 3.05) is 17.3 Å². The summed E-state index contributed by atoms with van der Waals surface area (Å²) in [6.07, 6.45) is 5.70. The van der Waals surface area contributed by atoms with Crippen molar-refractivity contribution in [1.29, 1.82) is 0 Å². The van der Waals surface area contributed by atoms with Gasteiger partial charge in [0.25, 0.3) is 0 Å². The van der Waals surface area contributed by atoms with Gasteiger partial charge in [0, 0.05) is 0 Å². The average molecular weight is 218 g/mol. The van der Waals surface area contributed by atoms with Crippen molar-refractivity contribution >= 4 is 24.4 Å². The molecular weight excluding hydrogens is 196 g/mol. The second-order valence-electron chi connectivity index (χ2n) is 4.77. The molecule has 0 spiro atoms. The highest BCUT2D eigenvalue weighted by Crippen LogP contribution is 2.41. The van der Waals surface area contributed by atoms with E-state index >= 15 is 0 Å². The lowest BCUT2D eigenvalue weighted by Crippen LogP contribution is -2.22. The summed E-state index contributed by atoms with van der Waals surface area (Å²) < 4.78 is 0. The van der Waals surface area contributed by atoms with Crippen molar-refractivity contribution in [2.45, 2.75) is 39.5 Å². The number of hydrogen-bond donors (Lipinski definition) is 1. The second-order valence-corrected chi connectivity index (χ2v) is 6.12. The maximum atomic E-state index is 4.51. The lowest BCUT2D eigenvalue weighted by Gasteiger charge is -2.26. The van der Waals surface area contributed by atoms with E-state index in [0.29, 0.717) is 5.41 Å². The summed E-state index contributed by atoms with van der Waals surface area (Å²) in [4.78, 5) is 0. The van der Waals surface area contributed by atoms with Crippen LogP contribution in [0.5, 0.6) is 0 Å². The molecule has 0 aromatic heterocycles. The highest BCUT2D eigenvalue weighted by molar-refractivity contribution is 7.99. The Morgan fingerprint density at radius 3 is 2.38 bits per heavy atom. The molecule has 0 heterocycles. The van der Waals surface area contributed by atoms with Crippen LogP contribution < -0.4 is 0 Å². The zero-order valence-electron chi connectivity index (χ0n) is 8.88. The topological polar surface area (TPSA) is 0 Å². The quantitative estimate of drug-likeness (QED) is 0.684. The van der Waals surface area contributed by atoms with Crippen LogP contribution in [0.25, 0.3) is 0 Å². The molecule has 1 rings (SSSR count). The third-order valence-electron chi connectivity index (χ3n) is 2.86. The molecule has 0 saturated heterocycles. The Labute approximate surface area is 92.7 Å². The Balaban J connectivity index is 2.23. The van der Waals surface area contributed by atoms with E-state index in [-0.39, 0.29) is 0 Å². The summed E-state index contributed by atoms with van der Waals surface area (Å²) in [5, 5.41) is 0. The van der Waals surface area contributed by atoms with Gasteiger partial charge in [-0.05, 0) is 41.4 Å². The molecule has 0 unspecified atom stereocenters. The fourth-order valence-electron chi connectivity index (χ4n) is 1.98. The van der Waals surface area contributed by atoms with Crippen LogP contribution in [0, 0.1) is 11.3 Å². The smallest absolute Gasteiger partial charge is 0.000290 e. The zero-order chi connectivity index (χ0) is 9.73. The van der Waals surface area contributed by atoms with E-state index in [1.807, 2.05) is 0 Å². The van der Waals surface area contributed by atoms with E-state index in [9.17, 15) is 0 Å². The van der Waals surface area contributed by atoms with E-state index in [1.165, 1.54) is 37.2 Å². The second kappa shape index (κ2) is 5.55. The molecule has 1 aliphatic rings. The molecule has 0 radical (unpaired) electrons. The van der Waals surface area contributed by atoms with Crippen LogP contribution in [0.3, 0.4) is 0 Å². The number of rotatable bonds is 5. The molecule has 13 heavy (non-hydrogen) atoms. The third kappa shape index (κ3) is 3.75. The molecule has 1 fully saturated rings. The van der Waals surface area contributed by atoms with Crippen LogP contribution >= 0.6 is 24.4 Å². The molecule has 0 nitrogen and oxygen atoms in total. The summed E-state index contributed by atoms with van der Waals surface area (Å²) in [6.45, 7) is 4.60. The van der Waals surface area contributed by atoms with Crippen LogP contribution in [0.1, 0.15) is 39.5 Å². The molecule has 0 amide bonds. The number of hydrogen-bond acceptors (Lipinski definition) is 2. The minimum absolute atomic E-state index is 0.600. The Kier molecular flexibility index (Phi) is 5.03. The van der Waals surface area contributed by atoms with Crippen molar-refractivity contribution in [3.8, 4) is 0 Å². The van der Waals surface area contributed by atoms with Crippen molar-refractivity contribution in [3.63, 3.8) is 0 Å². The molecule has 0 aliphatic heterocycles. The summed E-state index contributed by atoms with van der Waals surface area (Å²) in [5.41, 5.74) is 0.600. The maximum Gasteiger partial charge on any atom is -0.000290 e. The summed E-state index contributed by atoms with van der Waals surface area (Å²) >= 11 is 6.65. The first-order chi connectivity index (χ1) is 6.18. The summed E-state index contributed by atoms with van der Waals surface area (Å²) in [6, 6.07) is 0.